The lowest BCUT2D eigenvalue weighted by atomic mass is 9.95. The van der Waals surface area contributed by atoms with E-state index in [1.165, 1.54) is 17.3 Å². The summed E-state index contributed by atoms with van der Waals surface area (Å²) < 4.78 is 1.75. The van der Waals surface area contributed by atoms with Crippen molar-refractivity contribution >= 4 is 29.1 Å². The van der Waals surface area contributed by atoms with Crippen molar-refractivity contribution < 1.29 is 4.79 Å². The van der Waals surface area contributed by atoms with Crippen LogP contribution in [0.4, 0.5) is 5.69 Å². The fourth-order valence-corrected chi connectivity index (χ4v) is 4.17. The van der Waals surface area contributed by atoms with Crippen LogP contribution in [-0.4, -0.2) is 37.8 Å². The number of fused-ring (bicyclic) bond motifs is 2. The number of anilines is 1. The first-order valence-corrected chi connectivity index (χ1v) is 10.4. The molecular formula is C20H23N5OS. The van der Waals surface area contributed by atoms with Crippen molar-refractivity contribution in [3.05, 3.63) is 46.8 Å². The van der Waals surface area contributed by atoms with E-state index in [9.17, 15) is 4.79 Å². The predicted molar refractivity (Wildman–Crippen MR) is 107 cm³/mol. The van der Waals surface area contributed by atoms with Crippen LogP contribution in [0, 0.1) is 13.8 Å². The fraction of sp³-hybridized carbons (Fsp3) is 0.400. The fourth-order valence-electron chi connectivity index (χ4n) is 3.84. The lowest BCUT2D eigenvalue weighted by Crippen LogP contribution is -2.43. The highest BCUT2D eigenvalue weighted by molar-refractivity contribution is 7.98. The number of aryl methyl sites for hydroxylation is 3. The van der Waals surface area contributed by atoms with Crippen LogP contribution in [0.5, 0.6) is 0 Å². The monoisotopic (exact) mass is 381 g/mol. The maximum absolute atomic E-state index is 13.3. The number of aromatic nitrogens is 4. The molecule has 3 aromatic rings. The van der Waals surface area contributed by atoms with Gasteiger partial charge in [0.15, 0.2) is 0 Å². The van der Waals surface area contributed by atoms with Crippen LogP contribution in [0.2, 0.25) is 0 Å². The molecule has 1 atom stereocenters. The number of carbonyl (C=O) groups is 1. The van der Waals surface area contributed by atoms with Crippen molar-refractivity contribution in [3.8, 4) is 0 Å². The Labute approximate surface area is 163 Å². The standard InChI is InChI=1S/C20H23N5OS/c1-12-9-10-15-7-5-6-8-17(15)24(12)18(26)11-16-13(2)21-19-22-20(27-4)23-25(19)14(16)3/h5-8,12H,9-11H2,1-4H3/t12-/m0/s1. The van der Waals surface area contributed by atoms with Crippen molar-refractivity contribution in [1.82, 2.24) is 19.6 Å². The van der Waals surface area contributed by atoms with E-state index >= 15 is 0 Å². The molecule has 4 rings (SSSR count). The summed E-state index contributed by atoms with van der Waals surface area (Å²) in [5.74, 6) is 0.689. The first-order chi connectivity index (χ1) is 13.0. The molecule has 0 saturated carbocycles. The summed E-state index contributed by atoms with van der Waals surface area (Å²) in [6.45, 7) is 6.05. The summed E-state index contributed by atoms with van der Waals surface area (Å²) in [6, 6.07) is 8.40. The molecule has 7 heteroatoms. The number of nitrogens with zero attached hydrogens (tertiary/aromatic N) is 5. The van der Waals surface area contributed by atoms with E-state index in [1.807, 2.05) is 43.2 Å². The highest BCUT2D eigenvalue weighted by Gasteiger charge is 2.29. The van der Waals surface area contributed by atoms with Crippen molar-refractivity contribution in [2.45, 2.75) is 51.2 Å². The van der Waals surface area contributed by atoms with Gasteiger partial charge in [0, 0.05) is 28.7 Å². The minimum atomic E-state index is 0.104. The van der Waals surface area contributed by atoms with Gasteiger partial charge in [-0.15, -0.1) is 5.10 Å². The second-order valence-electron chi connectivity index (χ2n) is 7.03. The number of benzene rings is 1. The zero-order chi connectivity index (χ0) is 19.1. The van der Waals surface area contributed by atoms with Gasteiger partial charge in [0.2, 0.25) is 11.1 Å². The molecule has 0 N–H and O–H groups in total. The van der Waals surface area contributed by atoms with Crippen LogP contribution in [0.15, 0.2) is 29.4 Å². The summed E-state index contributed by atoms with van der Waals surface area (Å²) in [7, 11) is 0. The van der Waals surface area contributed by atoms with Gasteiger partial charge in [-0.25, -0.2) is 9.50 Å². The van der Waals surface area contributed by atoms with Crippen molar-refractivity contribution in [3.63, 3.8) is 0 Å². The van der Waals surface area contributed by atoms with Gasteiger partial charge < -0.3 is 4.90 Å². The van der Waals surface area contributed by atoms with Crippen LogP contribution in [0.3, 0.4) is 0 Å². The Balaban J connectivity index is 1.71. The SMILES string of the molecule is CSc1nc2nc(C)c(CC(=O)N3c4ccccc4CC[C@@H]3C)c(C)n2n1. The number of amides is 1. The number of hydrogen-bond acceptors (Lipinski definition) is 5. The van der Waals surface area contributed by atoms with Gasteiger partial charge in [-0.3, -0.25) is 4.79 Å². The molecule has 2 aromatic heterocycles. The minimum absolute atomic E-state index is 0.104. The number of carbonyl (C=O) groups excluding carboxylic acids is 1. The normalized spacial score (nSPS) is 16.6. The largest absolute Gasteiger partial charge is 0.309 e. The highest BCUT2D eigenvalue weighted by atomic mass is 32.2. The molecule has 0 unspecified atom stereocenters. The molecule has 3 heterocycles. The average Bonchev–Trinajstić information content (AvgIpc) is 3.08. The average molecular weight is 382 g/mol. The van der Waals surface area contributed by atoms with Gasteiger partial charge in [0.25, 0.3) is 5.78 Å². The lowest BCUT2D eigenvalue weighted by Gasteiger charge is -2.35. The molecule has 0 fully saturated rings. The molecule has 1 aliphatic rings. The summed E-state index contributed by atoms with van der Waals surface area (Å²) in [5, 5.41) is 5.17. The van der Waals surface area contributed by atoms with E-state index in [0.717, 1.165) is 35.5 Å². The molecule has 0 bridgehead atoms. The molecule has 0 spiro atoms. The topological polar surface area (TPSA) is 63.4 Å². The molecule has 140 valence electrons. The Morgan fingerprint density at radius 3 is 2.81 bits per heavy atom. The molecule has 1 aliphatic heterocycles. The van der Waals surface area contributed by atoms with Crippen LogP contribution < -0.4 is 4.90 Å². The summed E-state index contributed by atoms with van der Waals surface area (Å²) >= 11 is 1.49. The van der Waals surface area contributed by atoms with Gasteiger partial charge >= 0.3 is 0 Å². The summed E-state index contributed by atoms with van der Waals surface area (Å²) in [5.41, 5.74) is 4.98. The zero-order valence-electron chi connectivity index (χ0n) is 16.1. The van der Waals surface area contributed by atoms with Gasteiger partial charge in [-0.1, -0.05) is 30.0 Å². The Kier molecular flexibility index (Phi) is 4.63. The van der Waals surface area contributed by atoms with E-state index in [1.54, 1.807) is 4.52 Å². The van der Waals surface area contributed by atoms with Crippen LogP contribution in [0.1, 0.15) is 35.9 Å². The van der Waals surface area contributed by atoms with E-state index < -0.39 is 0 Å². The molecule has 27 heavy (non-hydrogen) atoms. The predicted octanol–water partition coefficient (Wildman–Crippen LogP) is 3.37. The third-order valence-corrected chi connectivity index (χ3v) is 5.87. The Morgan fingerprint density at radius 1 is 1.26 bits per heavy atom. The molecule has 0 saturated heterocycles. The van der Waals surface area contributed by atoms with Crippen LogP contribution >= 0.6 is 11.8 Å². The quantitative estimate of drug-likeness (QED) is 0.651. The Hall–Kier alpha value is -2.41. The van der Waals surface area contributed by atoms with Crippen LogP contribution in [0.25, 0.3) is 5.78 Å². The first-order valence-electron chi connectivity index (χ1n) is 9.16. The Bertz CT molecular complexity index is 1030. The van der Waals surface area contributed by atoms with E-state index in [4.69, 9.17) is 0 Å². The molecule has 0 radical (unpaired) electrons. The second-order valence-corrected chi connectivity index (χ2v) is 7.80. The third-order valence-electron chi connectivity index (χ3n) is 5.33. The molecule has 0 aliphatic carbocycles. The highest BCUT2D eigenvalue weighted by Crippen LogP contribution is 2.31. The first kappa shape index (κ1) is 18.0. The molecule has 6 nitrogen and oxygen atoms in total. The maximum Gasteiger partial charge on any atom is 0.253 e. The number of thioether (sulfide) groups is 1. The zero-order valence-corrected chi connectivity index (χ0v) is 16.9. The number of para-hydroxylation sites is 1. The van der Waals surface area contributed by atoms with Gasteiger partial charge in [0.1, 0.15) is 0 Å². The van der Waals surface area contributed by atoms with Gasteiger partial charge in [-0.05, 0) is 51.5 Å². The van der Waals surface area contributed by atoms with Crippen molar-refractivity contribution in [2.24, 2.45) is 0 Å². The number of rotatable bonds is 3. The molecular weight excluding hydrogens is 358 g/mol. The summed E-state index contributed by atoms with van der Waals surface area (Å²) in [6.07, 6.45) is 4.26. The molecule has 1 amide bonds. The maximum atomic E-state index is 13.3. The van der Waals surface area contributed by atoms with Crippen molar-refractivity contribution in [2.75, 3.05) is 11.2 Å². The third kappa shape index (κ3) is 3.10. The minimum Gasteiger partial charge on any atom is -0.309 e. The van der Waals surface area contributed by atoms with Crippen molar-refractivity contribution in [1.29, 1.82) is 0 Å². The Morgan fingerprint density at radius 2 is 2.04 bits per heavy atom. The second kappa shape index (κ2) is 6.96. The van der Waals surface area contributed by atoms with Crippen LogP contribution in [-0.2, 0) is 17.6 Å². The smallest absolute Gasteiger partial charge is 0.253 e. The van der Waals surface area contributed by atoms with E-state index in [0.29, 0.717) is 17.4 Å². The lowest BCUT2D eigenvalue weighted by molar-refractivity contribution is -0.118. The summed E-state index contributed by atoms with van der Waals surface area (Å²) in [4.78, 5) is 24.2. The molecule has 1 aromatic carbocycles. The van der Waals surface area contributed by atoms with E-state index in [2.05, 4.69) is 28.1 Å². The number of hydrogen-bond donors (Lipinski definition) is 0. The van der Waals surface area contributed by atoms with Gasteiger partial charge in [0.05, 0.1) is 6.42 Å². The van der Waals surface area contributed by atoms with E-state index in [-0.39, 0.29) is 11.9 Å². The van der Waals surface area contributed by atoms with Gasteiger partial charge in [-0.2, -0.15) is 4.98 Å².